The zero-order chi connectivity index (χ0) is 13.7. The van der Waals surface area contributed by atoms with Crippen LogP contribution in [0.4, 0.5) is 0 Å². The Morgan fingerprint density at radius 3 is 2.53 bits per heavy atom. The van der Waals surface area contributed by atoms with Gasteiger partial charge in [-0.25, -0.2) is 0 Å². The maximum Gasteiger partial charge on any atom is 0.0201 e. The fraction of sp³-hybridized carbons (Fsp3) is 0.647. The molecule has 1 aliphatic heterocycles. The Labute approximate surface area is 118 Å². The summed E-state index contributed by atoms with van der Waals surface area (Å²) in [5, 5.41) is 3.71. The molecule has 0 saturated carbocycles. The maximum absolute atomic E-state index is 3.71. The molecule has 1 saturated heterocycles. The van der Waals surface area contributed by atoms with Crippen molar-refractivity contribution in [1.82, 2.24) is 10.2 Å². The van der Waals surface area contributed by atoms with Gasteiger partial charge in [0.15, 0.2) is 0 Å². The van der Waals surface area contributed by atoms with E-state index in [0.29, 0.717) is 12.0 Å². The normalized spacial score (nSPS) is 24.6. The second-order valence-electron chi connectivity index (χ2n) is 5.85. The minimum absolute atomic E-state index is 0.653. The van der Waals surface area contributed by atoms with Crippen molar-refractivity contribution in [2.45, 2.75) is 45.6 Å². The second-order valence-corrected chi connectivity index (χ2v) is 5.85. The largest absolute Gasteiger partial charge is 0.313 e. The number of rotatable bonds is 5. The van der Waals surface area contributed by atoms with E-state index in [1.807, 2.05) is 0 Å². The molecule has 1 aliphatic rings. The molecular formula is C17H28N2. The molecule has 1 fully saturated rings. The Hall–Kier alpha value is -0.860. The van der Waals surface area contributed by atoms with Gasteiger partial charge in [0, 0.05) is 19.1 Å². The minimum atomic E-state index is 0.653. The Kier molecular flexibility index (Phi) is 5.41. The van der Waals surface area contributed by atoms with Crippen LogP contribution in [0, 0.1) is 6.92 Å². The molecule has 1 aromatic rings. The summed E-state index contributed by atoms with van der Waals surface area (Å²) in [6, 6.07) is 9.77. The number of aryl methyl sites for hydroxylation is 1. The molecule has 2 nitrogen and oxygen atoms in total. The van der Waals surface area contributed by atoms with Gasteiger partial charge in [-0.2, -0.15) is 0 Å². The van der Waals surface area contributed by atoms with E-state index in [1.165, 1.54) is 37.1 Å². The van der Waals surface area contributed by atoms with E-state index >= 15 is 0 Å². The second kappa shape index (κ2) is 7.06. The van der Waals surface area contributed by atoms with E-state index in [-0.39, 0.29) is 0 Å². The molecule has 19 heavy (non-hydrogen) atoms. The Bertz CT molecular complexity index is 371. The van der Waals surface area contributed by atoms with E-state index < -0.39 is 0 Å². The molecular weight excluding hydrogens is 232 g/mol. The fourth-order valence-corrected chi connectivity index (χ4v) is 3.03. The van der Waals surface area contributed by atoms with Gasteiger partial charge in [0.05, 0.1) is 0 Å². The molecule has 106 valence electrons. The summed E-state index contributed by atoms with van der Waals surface area (Å²) in [5.41, 5.74) is 2.86. The average molecular weight is 260 g/mol. The number of piperidine rings is 1. The van der Waals surface area contributed by atoms with E-state index in [1.54, 1.807) is 0 Å². The Morgan fingerprint density at radius 1 is 1.16 bits per heavy atom. The van der Waals surface area contributed by atoms with Crippen LogP contribution in [-0.2, 0) is 0 Å². The zero-order valence-electron chi connectivity index (χ0n) is 12.7. The standard InChI is InChI=1S/C17H28N2/c1-4-10-18-17-11-16(12-19(5-2)13-17)15-8-6-14(3)7-9-15/h6-9,16-18H,4-5,10-13H2,1-3H3. The molecule has 1 N–H and O–H groups in total. The molecule has 2 heteroatoms. The van der Waals surface area contributed by atoms with E-state index in [2.05, 4.69) is 55.3 Å². The minimum Gasteiger partial charge on any atom is -0.313 e. The van der Waals surface area contributed by atoms with E-state index in [9.17, 15) is 0 Å². The van der Waals surface area contributed by atoms with Gasteiger partial charge in [-0.1, -0.05) is 43.7 Å². The first-order valence-corrected chi connectivity index (χ1v) is 7.75. The molecule has 0 bridgehead atoms. The zero-order valence-corrected chi connectivity index (χ0v) is 12.7. The molecule has 0 aromatic heterocycles. The van der Waals surface area contributed by atoms with Gasteiger partial charge >= 0.3 is 0 Å². The van der Waals surface area contributed by atoms with Gasteiger partial charge in [-0.05, 0) is 44.3 Å². The molecule has 1 aromatic carbocycles. The highest BCUT2D eigenvalue weighted by Gasteiger charge is 2.26. The molecule has 0 spiro atoms. The van der Waals surface area contributed by atoms with Crippen LogP contribution in [0.2, 0.25) is 0 Å². The lowest BCUT2D eigenvalue weighted by Gasteiger charge is -2.38. The predicted molar refractivity (Wildman–Crippen MR) is 82.7 cm³/mol. The first-order chi connectivity index (χ1) is 9.22. The number of hydrogen-bond acceptors (Lipinski definition) is 2. The summed E-state index contributed by atoms with van der Waals surface area (Å²) in [6.45, 7) is 11.4. The summed E-state index contributed by atoms with van der Waals surface area (Å²) in [5.74, 6) is 0.684. The lowest BCUT2D eigenvalue weighted by Crippen LogP contribution is -2.48. The van der Waals surface area contributed by atoms with Crippen LogP contribution in [0.1, 0.15) is 43.7 Å². The lowest BCUT2D eigenvalue weighted by atomic mass is 9.87. The average Bonchev–Trinajstić information content (AvgIpc) is 2.45. The van der Waals surface area contributed by atoms with Gasteiger partial charge in [0.1, 0.15) is 0 Å². The van der Waals surface area contributed by atoms with Crippen molar-refractivity contribution in [3.63, 3.8) is 0 Å². The van der Waals surface area contributed by atoms with Crippen LogP contribution >= 0.6 is 0 Å². The predicted octanol–water partition coefficient (Wildman–Crippen LogP) is 3.17. The number of likely N-dealkylation sites (N-methyl/N-ethyl adjacent to an activating group) is 1. The topological polar surface area (TPSA) is 15.3 Å². The van der Waals surface area contributed by atoms with Gasteiger partial charge in [-0.15, -0.1) is 0 Å². The molecule has 2 unspecified atom stereocenters. The van der Waals surface area contributed by atoms with Crippen molar-refractivity contribution in [3.05, 3.63) is 35.4 Å². The van der Waals surface area contributed by atoms with Crippen LogP contribution in [0.5, 0.6) is 0 Å². The van der Waals surface area contributed by atoms with Crippen LogP contribution in [0.15, 0.2) is 24.3 Å². The summed E-state index contributed by atoms with van der Waals surface area (Å²) < 4.78 is 0. The summed E-state index contributed by atoms with van der Waals surface area (Å²) in [6.07, 6.45) is 2.50. The summed E-state index contributed by atoms with van der Waals surface area (Å²) >= 11 is 0. The van der Waals surface area contributed by atoms with E-state index in [0.717, 1.165) is 13.1 Å². The van der Waals surface area contributed by atoms with Gasteiger partial charge in [0.2, 0.25) is 0 Å². The first kappa shape index (κ1) is 14.5. The number of likely N-dealkylation sites (tertiary alicyclic amines) is 1. The van der Waals surface area contributed by atoms with Gasteiger partial charge in [0.25, 0.3) is 0 Å². The Balaban J connectivity index is 2.04. The van der Waals surface area contributed by atoms with Gasteiger partial charge < -0.3 is 10.2 Å². The highest BCUT2D eigenvalue weighted by Crippen LogP contribution is 2.27. The van der Waals surface area contributed by atoms with Crippen molar-refractivity contribution < 1.29 is 0 Å². The quantitative estimate of drug-likeness (QED) is 0.875. The van der Waals surface area contributed by atoms with Crippen LogP contribution in [-0.4, -0.2) is 37.1 Å². The lowest BCUT2D eigenvalue weighted by molar-refractivity contribution is 0.179. The SMILES string of the molecule is CCCNC1CC(c2ccc(C)cc2)CN(CC)C1. The van der Waals surface area contributed by atoms with Crippen molar-refractivity contribution in [2.24, 2.45) is 0 Å². The monoisotopic (exact) mass is 260 g/mol. The number of nitrogens with zero attached hydrogens (tertiary/aromatic N) is 1. The molecule has 0 amide bonds. The number of benzene rings is 1. The third-order valence-corrected chi connectivity index (χ3v) is 4.21. The van der Waals surface area contributed by atoms with Crippen molar-refractivity contribution >= 4 is 0 Å². The number of nitrogens with one attached hydrogen (secondary N) is 1. The fourth-order valence-electron chi connectivity index (χ4n) is 3.03. The van der Waals surface area contributed by atoms with Crippen LogP contribution in [0.25, 0.3) is 0 Å². The van der Waals surface area contributed by atoms with Gasteiger partial charge in [-0.3, -0.25) is 0 Å². The van der Waals surface area contributed by atoms with Crippen molar-refractivity contribution in [3.8, 4) is 0 Å². The molecule has 2 atom stereocenters. The maximum atomic E-state index is 3.71. The molecule has 1 heterocycles. The van der Waals surface area contributed by atoms with Crippen molar-refractivity contribution in [1.29, 1.82) is 0 Å². The van der Waals surface area contributed by atoms with E-state index in [4.69, 9.17) is 0 Å². The smallest absolute Gasteiger partial charge is 0.0201 e. The highest BCUT2D eigenvalue weighted by atomic mass is 15.2. The van der Waals surface area contributed by atoms with Crippen LogP contribution in [0.3, 0.4) is 0 Å². The molecule has 0 radical (unpaired) electrons. The Morgan fingerprint density at radius 2 is 1.89 bits per heavy atom. The third-order valence-electron chi connectivity index (χ3n) is 4.21. The molecule has 0 aliphatic carbocycles. The summed E-state index contributed by atoms with van der Waals surface area (Å²) in [4.78, 5) is 2.58. The summed E-state index contributed by atoms with van der Waals surface area (Å²) in [7, 11) is 0. The highest BCUT2D eigenvalue weighted by molar-refractivity contribution is 5.25. The van der Waals surface area contributed by atoms with Crippen molar-refractivity contribution in [2.75, 3.05) is 26.2 Å². The first-order valence-electron chi connectivity index (χ1n) is 7.75. The molecule has 2 rings (SSSR count). The third kappa shape index (κ3) is 4.05. The number of hydrogen-bond donors (Lipinski definition) is 1. The van der Waals surface area contributed by atoms with Crippen LogP contribution < -0.4 is 5.32 Å².